The highest BCUT2D eigenvalue weighted by atomic mass is 16.5. The minimum atomic E-state index is -0.114. The molecule has 2 aromatic carbocycles. The molecule has 0 aliphatic carbocycles. The smallest absolute Gasteiger partial charge is 0.231 e. The van der Waals surface area contributed by atoms with Crippen molar-refractivity contribution < 1.29 is 19.0 Å². The topological polar surface area (TPSA) is 65.8 Å². The Balaban J connectivity index is 1.33. The molecule has 176 valence electrons. The number of allylic oxidation sites excluding steroid dienone is 1. The van der Waals surface area contributed by atoms with Crippen LogP contribution in [0.5, 0.6) is 17.2 Å². The summed E-state index contributed by atoms with van der Waals surface area (Å²) >= 11 is 0. The fourth-order valence-corrected chi connectivity index (χ4v) is 4.93. The Hall–Kier alpha value is -4.10. The van der Waals surface area contributed by atoms with E-state index in [-0.39, 0.29) is 5.78 Å². The minimum absolute atomic E-state index is 0.114. The van der Waals surface area contributed by atoms with Crippen LogP contribution in [-0.2, 0) is 20.1 Å². The number of methoxy groups -OCH3 is 1. The van der Waals surface area contributed by atoms with E-state index in [9.17, 15) is 4.79 Å². The number of hydrogen-bond acceptors (Lipinski definition) is 6. The molecule has 4 aromatic rings. The molecule has 2 aliphatic rings. The highest BCUT2D eigenvalue weighted by Gasteiger charge is 2.33. The number of aromatic nitrogens is 2. The van der Waals surface area contributed by atoms with Crippen molar-refractivity contribution in [1.29, 1.82) is 0 Å². The average molecular weight is 468 g/mol. The summed E-state index contributed by atoms with van der Waals surface area (Å²) in [6.07, 6.45) is 7.40. The van der Waals surface area contributed by atoms with Crippen molar-refractivity contribution in [2.45, 2.75) is 20.0 Å². The van der Waals surface area contributed by atoms with Crippen LogP contribution in [0.15, 0.2) is 60.7 Å². The first-order valence-electron chi connectivity index (χ1n) is 11.5. The predicted octanol–water partition coefficient (Wildman–Crippen LogP) is 4.86. The second-order valence-corrected chi connectivity index (χ2v) is 9.00. The van der Waals surface area contributed by atoms with E-state index >= 15 is 0 Å². The molecule has 0 saturated carbocycles. The second kappa shape index (κ2) is 8.29. The van der Waals surface area contributed by atoms with Gasteiger partial charge in [-0.1, -0.05) is 0 Å². The highest BCUT2D eigenvalue weighted by Crippen LogP contribution is 2.43. The van der Waals surface area contributed by atoms with E-state index in [4.69, 9.17) is 14.2 Å². The van der Waals surface area contributed by atoms with Crippen LogP contribution in [0.2, 0.25) is 0 Å². The summed E-state index contributed by atoms with van der Waals surface area (Å²) in [5.74, 6) is 2.35. The molecular weight excluding hydrogens is 442 g/mol. The molecular formula is C28H25N3O4. The Morgan fingerprint density at radius 2 is 1.97 bits per heavy atom. The molecule has 0 N–H and O–H groups in total. The van der Waals surface area contributed by atoms with Crippen LogP contribution >= 0.6 is 0 Å². The molecule has 4 heterocycles. The maximum atomic E-state index is 13.4. The monoisotopic (exact) mass is 467 g/mol. The van der Waals surface area contributed by atoms with E-state index in [0.717, 1.165) is 45.6 Å². The zero-order chi connectivity index (χ0) is 24.1. The molecule has 2 aromatic heterocycles. The molecule has 0 atom stereocenters. The van der Waals surface area contributed by atoms with Crippen LogP contribution in [0.25, 0.3) is 17.0 Å². The van der Waals surface area contributed by atoms with Crippen LogP contribution in [0.4, 0.5) is 0 Å². The van der Waals surface area contributed by atoms with E-state index < -0.39 is 0 Å². The number of nitrogens with zero attached hydrogens (tertiary/aromatic N) is 3. The van der Waals surface area contributed by atoms with Gasteiger partial charge < -0.3 is 18.8 Å². The Kier molecular flexibility index (Phi) is 5.07. The first kappa shape index (κ1) is 21.4. The van der Waals surface area contributed by atoms with E-state index in [2.05, 4.69) is 9.88 Å². The summed E-state index contributed by atoms with van der Waals surface area (Å²) in [5, 5.41) is 0.998. The summed E-state index contributed by atoms with van der Waals surface area (Å²) in [7, 11) is 3.63. The number of ether oxygens (including phenoxy) is 3. The SMILES string of the molecule is COc1ccc2c(c1)c(/C=C1\Oc3c(cc4c(c3C)OCN(Cc3ccncc3)C4)C1=O)cn2C. The number of fused-ring (bicyclic) bond motifs is 3. The van der Waals surface area contributed by atoms with E-state index in [1.807, 2.05) is 67.2 Å². The number of Topliss-reactive ketones (excluding diaryl/α,β-unsaturated/α-hetero) is 1. The van der Waals surface area contributed by atoms with Crippen molar-refractivity contribution in [1.82, 2.24) is 14.5 Å². The number of benzene rings is 2. The van der Waals surface area contributed by atoms with Crippen molar-refractivity contribution in [2.24, 2.45) is 7.05 Å². The van der Waals surface area contributed by atoms with Crippen LogP contribution in [0.3, 0.4) is 0 Å². The first-order chi connectivity index (χ1) is 17.0. The molecule has 0 amide bonds. The largest absolute Gasteiger partial charge is 0.497 e. The van der Waals surface area contributed by atoms with Gasteiger partial charge in [-0.15, -0.1) is 0 Å². The third-order valence-corrected chi connectivity index (χ3v) is 6.67. The molecule has 0 fully saturated rings. The number of pyridine rings is 1. The zero-order valence-electron chi connectivity index (χ0n) is 19.9. The zero-order valence-corrected chi connectivity index (χ0v) is 19.9. The maximum Gasteiger partial charge on any atom is 0.231 e. The third-order valence-electron chi connectivity index (χ3n) is 6.67. The molecule has 7 heteroatoms. The van der Waals surface area contributed by atoms with Gasteiger partial charge in [0.15, 0.2) is 5.76 Å². The number of hydrogen-bond donors (Lipinski definition) is 0. The van der Waals surface area contributed by atoms with Crippen LogP contribution in [0, 0.1) is 6.92 Å². The van der Waals surface area contributed by atoms with Gasteiger partial charge in [-0.2, -0.15) is 0 Å². The number of carbonyl (C=O) groups excluding carboxylic acids is 1. The van der Waals surface area contributed by atoms with Crippen LogP contribution < -0.4 is 14.2 Å². The Bertz CT molecular complexity index is 1500. The molecule has 0 radical (unpaired) electrons. The summed E-state index contributed by atoms with van der Waals surface area (Å²) in [6.45, 7) is 3.87. The van der Waals surface area contributed by atoms with E-state index in [1.54, 1.807) is 19.5 Å². The Labute approximate surface area is 203 Å². The number of carbonyl (C=O) groups is 1. The number of aryl methyl sites for hydroxylation is 1. The summed E-state index contributed by atoms with van der Waals surface area (Å²) < 4.78 is 19.7. The lowest BCUT2D eigenvalue weighted by atomic mass is 10.00. The number of ketones is 1. The van der Waals surface area contributed by atoms with E-state index in [1.165, 1.54) is 5.56 Å². The van der Waals surface area contributed by atoms with Gasteiger partial charge in [-0.25, -0.2) is 0 Å². The van der Waals surface area contributed by atoms with Crippen LogP contribution in [0.1, 0.15) is 32.6 Å². The normalized spacial score (nSPS) is 16.2. The van der Waals surface area contributed by atoms with Gasteiger partial charge in [0.1, 0.15) is 24.0 Å². The lowest BCUT2D eigenvalue weighted by Crippen LogP contribution is -2.32. The first-order valence-corrected chi connectivity index (χ1v) is 11.5. The van der Waals surface area contributed by atoms with Crippen molar-refractivity contribution in [3.05, 3.63) is 88.6 Å². The minimum Gasteiger partial charge on any atom is -0.497 e. The van der Waals surface area contributed by atoms with Gasteiger partial charge >= 0.3 is 0 Å². The van der Waals surface area contributed by atoms with Gasteiger partial charge in [0.2, 0.25) is 5.78 Å². The molecule has 35 heavy (non-hydrogen) atoms. The molecule has 7 nitrogen and oxygen atoms in total. The van der Waals surface area contributed by atoms with Crippen molar-refractivity contribution >= 4 is 22.8 Å². The molecule has 0 spiro atoms. The Morgan fingerprint density at radius 3 is 2.77 bits per heavy atom. The molecule has 0 bridgehead atoms. The maximum absolute atomic E-state index is 13.4. The summed E-state index contributed by atoms with van der Waals surface area (Å²) in [6, 6.07) is 11.8. The molecule has 0 unspecified atom stereocenters. The van der Waals surface area contributed by atoms with Gasteiger partial charge in [0, 0.05) is 66.3 Å². The lowest BCUT2D eigenvalue weighted by molar-refractivity contribution is 0.0876. The van der Waals surface area contributed by atoms with Gasteiger partial charge in [0.05, 0.1) is 12.7 Å². The average Bonchev–Trinajstić information content (AvgIpc) is 3.36. The number of rotatable bonds is 4. The third kappa shape index (κ3) is 3.65. The van der Waals surface area contributed by atoms with Crippen LogP contribution in [-0.4, -0.2) is 34.1 Å². The Morgan fingerprint density at radius 1 is 1.14 bits per heavy atom. The molecule has 6 rings (SSSR count). The van der Waals surface area contributed by atoms with Crippen molar-refractivity contribution in [3.8, 4) is 17.2 Å². The van der Waals surface area contributed by atoms with Crippen molar-refractivity contribution in [2.75, 3.05) is 13.8 Å². The molecule has 0 saturated heterocycles. The lowest BCUT2D eigenvalue weighted by Gasteiger charge is -2.30. The quantitative estimate of drug-likeness (QED) is 0.400. The fraction of sp³-hybridized carbons (Fsp3) is 0.214. The second-order valence-electron chi connectivity index (χ2n) is 9.00. The molecule has 2 aliphatic heterocycles. The fourth-order valence-electron chi connectivity index (χ4n) is 4.93. The van der Waals surface area contributed by atoms with Crippen molar-refractivity contribution in [3.63, 3.8) is 0 Å². The van der Waals surface area contributed by atoms with Gasteiger partial charge in [-0.3, -0.25) is 14.7 Å². The van der Waals surface area contributed by atoms with Gasteiger partial charge in [0.25, 0.3) is 0 Å². The summed E-state index contributed by atoms with van der Waals surface area (Å²) in [5.41, 5.74) is 5.56. The van der Waals surface area contributed by atoms with E-state index in [0.29, 0.717) is 30.3 Å². The standard InChI is InChI=1S/C28H25N3O4/c1-17-27-20(15-31(16-34-27)13-18-6-8-29-9-7-18)10-23-26(32)25(35-28(17)23)11-19-14-30(2)24-5-4-21(33-3)12-22(19)24/h4-12,14H,13,15-16H2,1-3H3/b25-11-. The van der Waals surface area contributed by atoms with Gasteiger partial charge in [-0.05, 0) is 55.0 Å². The predicted molar refractivity (Wildman–Crippen MR) is 133 cm³/mol. The summed E-state index contributed by atoms with van der Waals surface area (Å²) in [4.78, 5) is 19.7. The highest BCUT2D eigenvalue weighted by molar-refractivity contribution is 6.15.